The molecule has 0 bridgehead atoms. The molecule has 3 aromatic rings. The lowest BCUT2D eigenvalue weighted by Gasteiger charge is -2.15. The molecule has 158 valence electrons. The Morgan fingerprint density at radius 3 is 2.71 bits per heavy atom. The van der Waals surface area contributed by atoms with E-state index >= 15 is 0 Å². The normalized spacial score (nSPS) is 24.7. The van der Waals surface area contributed by atoms with Gasteiger partial charge in [0.05, 0.1) is 6.21 Å². The summed E-state index contributed by atoms with van der Waals surface area (Å²) in [6, 6.07) is 22.4. The quantitative estimate of drug-likeness (QED) is 0.417. The van der Waals surface area contributed by atoms with Gasteiger partial charge in [-0.1, -0.05) is 62.2 Å². The average molecular weight is 413 g/mol. The molecule has 31 heavy (non-hydrogen) atoms. The minimum atomic E-state index is 0.0701. The minimum absolute atomic E-state index is 0.0701. The van der Waals surface area contributed by atoms with Gasteiger partial charge in [0, 0.05) is 5.92 Å². The Morgan fingerprint density at radius 1 is 1.10 bits per heavy atom. The molecule has 2 aliphatic carbocycles. The molecule has 3 atom stereocenters. The van der Waals surface area contributed by atoms with Gasteiger partial charge in [-0.15, -0.1) is 0 Å². The van der Waals surface area contributed by atoms with Gasteiger partial charge in [-0.2, -0.15) is 5.10 Å². The molecular formula is C27H28N2O2. The van der Waals surface area contributed by atoms with Gasteiger partial charge in [-0.3, -0.25) is 4.79 Å². The molecular weight excluding hydrogens is 384 g/mol. The van der Waals surface area contributed by atoms with Crippen molar-refractivity contribution in [2.45, 2.75) is 39.2 Å². The monoisotopic (exact) mass is 412 g/mol. The van der Waals surface area contributed by atoms with Crippen molar-refractivity contribution in [1.82, 2.24) is 5.43 Å². The van der Waals surface area contributed by atoms with Crippen molar-refractivity contribution >= 4 is 22.9 Å². The Labute approximate surface area is 183 Å². The molecule has 2 fully saturated rings. The first kappa shape index (κ1) is 19.8. The summed E-state index contributed by atoms with van der Waals surface area (Å²) in [5.74, 6) is 1.57. The Kier molecular flexibility index (Phi) is 5.23. The van der Waals surface area contributed by atoms with Crippen LogP contribution < -0.4 is 10.2 Å². The van der Waals surface area contributed by atoms with Crippen LogP contribution in [-0.4, -0.2) is 12.1 Å². The van der Waals surface area contributed by atoms with Crippen LogP contribution in [0.1, 0.15) is 43.7 Å². The largest absolute Gasteiger partial charge is 0.489 e. The van der Waals surface area contributed by atoms with Crippen molar-refractivity contribution in [3.63, 3.8) is 0 Å². The Bertz CT molecular complexity index is 1120. The SMILES string of the molecule is C[C@]12CCCC[C@@H]1[C@H]2C(=O)N/N=C\c1ccc(OCc2cccc3ccccc23)cc1. The van der Waals surface area contributed by atoms with Crippen LogP contribution in [0.25, 0.3) is 10.8 Å². The smallest absolute Gasteiger partial charge is 0.244 e. The highest BCUT2D eigenvalue weighted by atomic mass is 16.5. The summed E-state index contributed by atoms with van der Waals surface area (Å²) in [7, 11) is 0. The first-order valence-corrected chi connectivity index (χ1v) is 11.2. The summed E-state index contributed by atoms with van der Waals surface area (Å²) in [6.07, 6.45) is 6.54. The lowest BCUT2D eigenvalue weighted by molar-refractivity contribution is -0.123. The number of carbonyl (C=O) groups excluding carboxylic acids is 1. The standard InChI is InChI=1S/C27H28N2O2/c1-27-16-5-4-11-24(27)25(27)26(30)29-28-17-19-12-14-22(15-13-19)31-18-21-9-6-8-20-7-2-3-10-23(20)21/h2-3,6-10,12-15,17,24-25H,4-5,11,16,18H2,1H3,(H,29,30)/b28-17-/t24-,25+,27+/m1/s1. The molecule has 0 spiro atoms. The number of hydrogen-bond acceptors (Lipinski definition) is 3. The molecule has 1 N–H and O–H groups in total. The summed E-state index contributed by atoms with van der Waals surface area (Å²) >= 11 is 0. The molecule has 0 aromatic heterocycles. The number of fused-ring (bicyclic) bond motifs is 2. The summed E-state index contributed by atoms with van der Waals surface area (Å²) in [5.41, 5.74) is 5.06. The number of amides is 1. The second-order valence-electron chi connectivity index (χ2n) is 9.07. The number of hydrazone groups is 1. The van der Waals surface area contributed by atoms with Gasteiger partial charge in [-0.25, -0.2) is 5.43 Å². The maximum absolute atomic E-state index is 12.5. The van der Waals surface area contributed by atoms with Crippen molar-refractivity contribution in [3.8, 4) is 5.75 Å². The van der Waals surface area contributed by atoms with E-state index in [1.165, 1.54) is 42.0 Å². The van der Waals surface area contributed by atoms with E-state index in [2.05, 4.69) is 53.8 Å². The molecule has 0 aliphatic heterocycles. The predicted octanol–water partition coefficient (Wildman–Crippen LogP) is 5.70. The maximum Gasteiger partial charge on any atom is 0.244 e. The fourth-order valence-corrected chi connectivity index (χ4v) is 5.32. The highest BCUT2D eigenvalue weighted by Gasteiger charge is 2.64. The molecule has 1 amide bonds. The predicted molar refractivity (Wildman–Crippen MR) is 124 cm³/mol. The molecule has 0 saturated heterocycles. The van der Waals surface area contributed by atoms with E-state index < -0.39 is 0 Å². The zero-order valence-electron chi connectivity index (χ0n) is 17.9. The van der Waals surface area contributed by atoms with Crippen molar-refractivity contribution in [3.05, 3.63) is 77.9 Å². The van der Waals surface area contributed by atoms with Crippen LogP contribution in [0, 0.1) is 17.3 Å². The molecule has 3 aromatic carbocycles. The van der Waals surface area contributed by atoms with Crippen molar-refractivity contribution in [2.75, 3.05) is 0 Å². The second kappa shape index (κ2) is 8.18. The lowest BCUT2D eigenvalue weighted by Crippen LogP contribution is -2.22. The molecule has 4 heteroatoms. The maximum atomic E-state index is 12.5. The van der Waals surface area contributed by atoms with E-state index in [0.717, 1.165) is 11.3 Å². The number of benzene rings is 3. The van der Waals surface area contributed by atoms with E-state index in [-0.39, 0.29) is 17.2 Å². The zero-order chi connectivity index (χ0) is 21.3. The van der Waals surface area contributed by atoms with Crippen LogP contribution in [0.5, 0.6) is 5.75 Å². The van der Waals surface area contributed by atoms with Crippen LogP contribution in [0.3, 0.4) is 0 Å². The van der Waals surface area contributed by atoms with Gasteiger partial charge in [0.1, 0.15) is 12.4 Å². The number of rotatable bonds is 6. The number of ether oxygens (including phenoxy) is 1. The number of nitrogens with one attached hydrogen (secondary N) is 1. The van der Waals surface area contributed by atoms with Gasteiger partial charge in [0.2, 0.25) is 5.91 Å². The third-order valence-corrected chi connectivity index (χ3v) is 7.16. The molecule has 2 aliphatic rings. The number of hydrogen-bond donors (Lipinski definition) is 1. The van der Waals surface area contributed by atoms with Gasteiger partial charge < -0.3 is 4.74 Å². The van der Waals surface area contributed by atoms with Crippen LogP contribution in [-0.2, 0) is 11.4 Å². The molecule has 0 heterocycles. The van der Waals surface area contributed by atoms with Crippen molar-refractivity contribution in [2.24, 2.45) is 22.4 Å². The highest BCUT2D eigenvalue weighted by molar-refractivity contribution is 5.86. The minimum Gasteiger partial charge on any atom is -0.489 e. The Balaban J connectivity index is 1.15. The van der Waals surface area contributed by atoms with Gasteiger partial charge in [0.25, 0.3) is 0 Å². The number of carbonyl (C=O) groups is 1. The van der Waals surface area contributed by atoms with Crippen LogP contribution >= 0.6 is 0 Å². The molecule has 4 nitrogen and oxygen atoms in total. The molecule has 2 saturated carbocycles. The van der Waals surface area contributed by atoms with Crippen LogP contribution in [0.15, 0.2) is 71.8 Å². The Hall–Kier alpha value is -3.14. The topological polar surface area (TPSA) is 50.7 Å². The highest BCUT2D eigenvalue weighted by Crippen LogP contribution is 2.66. The van der Waals surface area contributed by atoms with Gasteiger partial charge in [0.15, 0.2) is 0 Å². The summed E-state index contributed by atoms with van der Waals surface area (Å²) in [6.45, 7) is 2.77. The van der Waals surface area contributed by atoms with Crippen molar-refractivity contribution in [1.29, 1.82) is 0 Å². The molecule has 0 radical (unpaired) electrons. The lowest BCUT2D eigenvalue weighted by atomic mass is 9.90. The van der Waals surface area contributed by atoms with E-state index in [0.29, 0.717) is 12.5 Å². The second-order valence-corrected chi connectivity index (χ2v) is 9.07. The first-order chi connectivity index (χ1) is 15.1. The van der Waals surface area contributed by atoms with Crippen LogP contribution in [0.2, 0.25) is 0 Å². The fraction of sp³-hybridized carbons (Fsp3) is 0.333. The summed E-state index contributed by atoms with van der Waals surface area (Å²) in [4.78, 5) is 12.5. The summed E-state index contributed by atoms with van der Waals surface area (Å²) in [5, 5.41) is 6.62. The average Bonchev–Trinajstić information content (AvgIpc) is 3.44. The molecule has 0 unspecified atom stereocenters. The fourth-order valence-electron chi connectivity index (χ4n) is 5.32. The van der Waals surface area contributed by atoms with E-state index in [1.54, 1.807) is 6.21 Å². The zero-order valence-corrected chi connectivity index (χ0v) is 17.9. The van der Waals surface area contributed by atoms with E-state index in [1.807, 2.05) is 30.3 Å². The molecule has 5 rings (SSSR count). The first-order valence-electron chi connectivity index (χ1n) is 11.2. The van der Waals surface area contributed by atoms with E-state index in [9.17, 15) is 4.79 Å². The summed E-state index contributed by atoms with van der Waals surface area (Å²) < 4.78 is 5.99. The third-order valence-electron chi connectivity index (χ3n) is 7.16. The van der Waals surface area contributed by atoms with E-state index in [4.69, 9.17) is 4.74 Å². The third kappa shape index (κ3) is 3.95. The van der Waals surface area contributed by atoms with Crippen molar-refractivity contribution < 1.29 is 9.53 Å². The Morgan fingerprint density at radius 2 is 1.90 bits per heavy atom. The number of nitrogens with zero attached hydrogens (tertiary/aromatic N) is 1. The van der Waals surface area contributed by atoms with Crippen LogP contribution in [0.4, 0.5) is 0 Å². The van der Waals surface area contributed by atoms with Gasteiger partial charge in [-0.05, 0) is 70.3 Å². The van der Waals surface area contributed by atoms with Gasteiger partial charge >= 0.3 is 0 Å².